The summed E-state index contributed by atoms with van der Waals surface area (Å²) in [6.07, 6.45) is 0. The number of rotatable bonds is 3. The van der Waals surface area contributed by atoms with E-state index in [1.165, 1.54) is 7.11 Å². The van der Waals surface area contributed by atoms with Gasteiger partial charge in [0.25, 0.3) is 0 Å². The highest BCUT2D eigenvalue weighted by atomic mass is 35.5. The van der Waals surface area contributed by atoms with Crippen LogP contribution in [-0.2, 0) is 4.74 Å². The van der Waals surface area contributed by atoms with Gasteiger partial charge in [-0.25, -0.2) is 4.79 Å². The topological polar surface area (TPSA) is 58.8 Å². The second-order valence-corrected chi connectivity index (χ2v) is 5.94. The van der Waals surface area contributed by atoms with E-state index in [1.54, 1.807) is 24.3 Å². The highest BCUT2D eigenvalue weighted by Gasteiger charge is 2.29. The molecule has 1 fully saturated rings. The van der Waals surface area contributed by atoms with Crippen LogP contribution in [0.1, 0.15) is 10.4 Å². The SMILES string of the molecule is COC(=O)c1c(-c2ccc(Cl)cc2)noc1N1CCN(C)CC1. The Morgan fingerprint density at radius 1 is 1.22 bits per heavy atom. The van der Waals surface area contributed by atoms with Crippen LogP contribution in [0.4, 0.5) is 5.88 Å². The molecule has 0 N–H and O–H groups in total. The van der Waals surface area contributed by atoms with Gasteiger partial charge in [0.15, 0.2) is 5.56 Å². The lowest BCUT2D eigenvalue weighted by Gasteiger charge is -2.32. The molecule has 122 valence electrons. The van der Waals surface area contributed by atoms with Gasteiger partial charge in [0, 0.05) is 36.8 Å². The van der Waals surface area contributed by atoms with E-state index in [2.05, 4.69) is 17.1 Å². The number of anilines is 1. The van der Waals surface area contributed by atoms with Crippen molar-refractivity contribution < 1.29 is 14.1 Å². The minimum Gasteiger partial charge on any atom is -0.465 e. The summed E-state index contributed by atoms with van der Waals surface area (Å²) in [5.74, 6) is 0.0139. The molecule has 6 nitrogen and oxygen atoms in total. The van der Waals surface area contributed by atoms with Crippen molar-refractivity contribution in [3.05, 3.63) is 34.9 Å². The van der Waals surface area contributed by atoms with Crippen molar-refractivity contribution in [1.82, 2.24) is 10.1 Å². The molecular weight excluding hydrogens is 318 g/mol. The zero-order valence-corrected chi connectivity index (χ0v) is 13.8. The lowest BCUT2D eigenvalue weighted by Crippen LogP contribution is -2.44. The average molecular weight is 336 g/mol. The Balaban J connectivity index is 2.00. The maximum Gasteiger partial charge on any atom is 0.345 e. The van der Waals surface area contributed by atoms with E-state index in [1.807, 2.05) is 4.90 Å². The molecule has 2 heterocycles. The summed E-state index contributed by atoms with van der Waals surface area (Å²) in [7, 11) is 3.42. The Morgan fingerprint density at radius 2 is 1.87 bits per heavy atom. The van der Waals surface area contributed by atoms with Gasteiger partial charge in [0.05, 0.1) is 7.11 Å². The first-order valence-corrected chi connectivity index (χ1v) is 7.75. The molecule has 2 aromatic rings. The van der Waals surface area contributed by atoms with Crippen molar-refractivity contribution in [3.8, 4) is 11.3 Å². The van der Waals surface area contributed by atoms with E-state index < -0.39 is 5.97 Å². The fourth-order valence-corrected chi connectivity index (χ4v) is 2.72. The summed E-state index contributed by atoms with van der Waals surface area (Å²) in [5, 5.41) is 4.73. The van der Waals surface area contributed by atoms with Crippen LogP contribution in [0.15, 0.2) is 28.8 Å². The Morgan fingerprint density at radius 3 is 2.48 bits per heavy atom. The van der Waals surface area contributed by atoms with E-state index in [0.717, 1.165) is 31.7 Å². The molecule has 1 saturated heterocycles. The smallest absolute Gasteiger partial charge is 0.345 e. The number of piperazine rings is 1. The number of aromatic nitrogens is 1. The van der Waals surface area contributed by atoms with Crippen molar-refractivity contribution in [2.24, 2.45) is 0 Å². The molecule has 0 aliphatic carbocycles. The number of benzene rings is 1. The highest BCUT2D eigenvalue weighted by molar-refractivity contribution is 6.30. The first-order valence-electron chi connectivity index (χ1n) is 7.37. The molecule has 0 amide bonds. The lowest BCUT2D eigenvalue weighted by atomic mass is 10.1. The fraction of sp³-hybridized carbons (Fsp3) is 0.375. The number of nitrogens with zero attached hydrogens (tertiary/aromatic N) is 3. The van der Waals surface area contributed by atoms with E-state index in [4.69, 9.17) is 20.9 Å². The van der Waals surface area contributed by atoms with Crippen LogP contribution < -0.4 is 4.90 Å². The van der Waals surface area contributed by atoms with Crippen molar-refractivity contribution in [2.75, 3.05) is 45.2 Å². The molecule has 0 unspecified atom stereocenters. The van der Waals surface area contributed by atoms with Crippen molar-refractivity contribution >= 4 is 23.5 Å². The molecule has 1 aliphatic heterocycles. The van der Waals surface area contributed by atoms with Crippen molar-refractivity contribution in [1.29, 1.82) is 0 Å². The molecule has 3 rings (SSSR count). The van der Waals surface area contributed by atoms with Gasteiger partial charge in [-0.15, -0.1) is 0 Å². The molecule has 1 aliphatic rings. The van der Waals surface area contributed by atoms with Gasteiger partial charge in [-0.05, 0) is 19.2 Å². The number of likely N-dealkylation sites (N-methyl/N-ethyl adjacent to an activating group) is 1. The lowest BCUT2D eigenvalue weighted by molar-refractivity contribution is 0.0601. The van der Waals surface area contributed by atoms with Crippen LogP contribution in [0.25, 0.3) is 11.3 Å². The van der Waals surface area contributed by atoms with Gasteiger partial charge >= 0.3 is 5.97 Å². The predicted molar refractivity (Wildman–Crippen MR) is 88.0 cm³/mol. The zero-order chi connectivity index (χ0) is 16.4. The number of ether oxygens (including phenoxy) is 1. The standard InChI is InChI=1S/C16H18ClN3O3/c1-19-7-9-20(10-8-19)15-13(16(21)22-2)14(18-23-15)11-3-5-12(17)6-4-11/h3-6H,7-10H2,1-2H3. The summed E-state index contributed by atoms with van der Waals surface area (Å²) in [6, 6.07) is 7.12. The summed E-state index contributed by atoms with van der Waals surface area (Å²) in [6.45, 7) is 3.35. The number of esters is 1. The number of carbonyl (C=O) groups excluding carboxylic acids is 1. The molecule has 0 atom stereocenters. The van der Waals surface area contributed by atoms with Gasteiger partial charge in [-0.2, -0.15) is 0 Å². The molecule has 7 heteroatoms. The van der Waals surface area contributed by atoms with Crippen LogP contribution in [0.2, 0.25) is 5.02 Å². The quantitative estimate of drug-likeness (QED) is 0.803. The van der Waals surface area contributed by atoms with Crippen molar-refractivity contribution in [2.45, 2.75) is 0 Å². The summed E-state index contributed by atoms with van der Waals surface area (Å²) in [5.41, 5.74) is 1.60. The Labute approximate surface area is 139 Å². The molecule has 23 heavy (non-hydrogen) atoms. The van der Waals surface area contributed by atoms with E-state index in [9.17, 15) is 4.79 Å². The van der Waals surface area contributed by atoms with Crippen LogP contribution in [-0.4, -0.2) is 56.4 Å². The Bertz CT molecular complexity index is 691. The zero-order valence-electron chi connectivity index (χ0n) is 13.1. The number of hydrogen-bond donors (Lipinski definition) is 0. The molecule has 0 spiro atoms. The van der Waals surface area contributed by atoms with Gasteiger partial charge in [0.1, 0.15) is 5.69 Å². The predicted octanol–water partition coefficient (Wildman–Crippen LogP) is 2.53. The van der Waals surface area contributed by atoms with Gasteiger partial charge in [-0.3, -0.25) is 0 Å². The molecular formula is C16H18ClN3O3. The number of hydrogen-bond acceptors (Lipinski definition) is 6. The molecule has 0 saturated carbocycles. The minimum absolute atomic E-state index is 0.361. The van der Waals surface area contributed by atoms with Crippen LogP contribution >= 0.6 is 11.6 Å². The van der Waals surface area contributed by atoms with Crippen molar-refractivity contribution in [3.63, 3.8) is 0 Å². The van der Waals surface area contributed by atoms with E-state index >= 15 is 0 Å². The third-order valence-electron chi connectivity index (χ3n) is 3.97. The second kappa shape index (κ2) is 6.60. The summed E-state index contributed by atoms with van der Waals surface area (Å²) >= 11 is 5.92. The fourth-order valence-electron chi connectivity index (χ4n) is 2.60. The molecule has 0 radical (unpaired) electrons. The molecule has 1 aromatic carbocycles. The van der Waals surface area contributed by atoms with E-state index in [-0.39, 0.29) is 0 Å². The number of carbonyl (C=O) groups is 1. The highest BCUT2D eigenvalue weighted by Crippen LogP contribution is 2.32. The number of halogens is 1. The van der Waals surface area contributed by atoms with E-state index in [0.29, 0.717) is 22.2 Å². The second-order valence-electron chi connectivity index (χ2n) is 5.50. The first kappa shape index (κ1) is 15.8. The normalized spacial score (nSPS) is 15.7. The van der Waals surface area contributed by atoms with Crippen LogP contribution in [0.5, 0.6) is 0 Å². The maximum absolute atomic E-state index is 12.3. The monoisotopic (exact) mass is 335 g/mol. The molecule has 0 bridgehead atoms. The summed E-state index contributed by atoms with van der Waals surface area (Å²) in [4.78, 5) is 16.5. The minimum atomic E-state index is -0.454. The maximum atomic E-state index is 12.3. The molecule has 1 aromatic heterocycles. The third kappa shape index (κ3) is 3.18. The Kier molecular flexibility index (Phi) is 4.54. The average Bonchev–Trinajstić information content (AvgIpc) is 3.00. The van der Waals surface area contributed by atoms with Crippen LogP contribution in [0.3, 0.4) is 0 Å². The van der Waals surface area contributed by atoms with Gasteiger partial charge < -0.3 is 19.1 Å². The van der Waals surface area contributed by atoms with Gasteiger partial charge in [0.2, 0.25) is 5.88 Å². The first-order chi connectivity index (χ1) is 11.1. The summed E-state index contributed by atoms with van der Waals surface area (Å²) < 4.78 is 10.4. The Hall–Kier alpha value is -2.05. The van der Waals surface area contributed by atoms with Crippen LogP contribution in [0, 0.1) is 0 Å². The largest absolute Gasteiger partial charge is 0.465 e. The third-order valence-corrected chi connectivity index (χ3v) is 4.22. The van der Waals surface area contributed by atoms with Gasteiger partial charge in [-0.1, -0.05) is 28.9 Å². The number of methoxy groups -OCH3 is 1.